The van der Waals surface area contributed by atoms with E-state index in [-0.39, 0.29) is 10.6 Å². The van der Waals surface area contributed by atoms with Crippen molar-refractivity contribution >= 4 is 43.6 Å². The molecule has 0 spiro atoms. The second-order valence-corrected chi connectivity index (χ2v) is 10.5. The number of ether oxygens (including phenoxy) is 3. The Hall–Kier alpha value is -3.68. The van der Waals surface area contributed by atoms with Crippen LogP contribution >= 0.6 is 22.6 Å². The number of primary sulfonamides is 1. The zero-order chi connectivity index (χ0) is 26.0. The molecule has 5 rings (SSSR count). The van der Waals surface area contributed by atoms with Crippen molar-refractivity contribution in [3.05, 3.63) is 94.3 Å². The average molecular weight is 628 g/mol. The average Bonchev–Trinajstić information content (AvgIpc) is 3.21. The van der Waals surface area contributed by atoms with Crippen LogP contribution in [0.2, 0.25) is 0 Å². The van der Waals surface area contributed by atoms with Crippen LogP contribution in [0.1, 0.15) is 5.56 Å². The van der Waals surface area contributed by atoms with Crippen LogP contribution in [-0.2, 0) is 16.6 Å². The van der Waals surface area contributed by atoms with Crippen LogP contribution in [0.25, 0.3) is 11.0 Å². The summed E-state index contributed by atoms with van der Waals surface area (Å²) in [7, 11) is -2.51. The number of para-hydroxylation sites is 1. The molecule has 3 aromatic carbocycles. The van der Waals surface area contributed by atoms with Crippen LogP contribution in [0.3, 0.4) is 0 Å². The standard InChI is InChI=1S/C26H21IN4O5S/c1-34-18-9-7-17(8-10-18)16-31-26-24(25(27)30-31)22(13-14-29-26)36-21-12-11-20(15-23(21)37(28,32)33)35-19-5-3-2-4-6-19/h2-15H,16H2,1H3,(H2,28,32,33). The molecule has 0 aliphatic rings. The lowest BCUT2D eigenvalue weighted by Crippen LogP contribution is -2.13. The van der Waals surface area contributed by atoms with E-state index in [1.807, 2.05) is 42.5 Å². The monoisotopic (exact) mass is 628 g/mol. The first-order chi connectivity index (χ1) is 17.8. The number of nitrogens with zero attached hydrogens (tertiary/aromatic N) is 3. The molecule has 0 unspecified atom stereocenters. The van der Waals surface area contributed by atoms with E-state index in [9.17, 15) is 8.42 Å². The quantitative estimate of drug-likeness (QED) is 0.231. The molecule has 0 amide bonds. The number of benzene rings is 3. The van der Waals surface area contributed by atoms with Crippen LogP contribution in [0.5, 0.6) is 28.7 Å². The Morgan fingerprint density at radius 1 is 0.892 bits per heavy atom. The maximum absolute atomic E-state index is 12.4. The lowest BCUT2D eigenvalue weighted by molar-refractivity contribution is 0.414. The van der Waals surface area contributed by atoms with Gasteiger partial charge < -0.3 is 14.2 Å². The molecule has 2 aromatic heterocycles. The van der Waals surface area contributed by atoms with Crippen LogP contribution in [0, 0.1) is 3.70 Å². The Labute approximate surface area is 227 Å². The molecule has 2 heterocycles. The van der Waals surface area contributed by atoms with E-state index < -0.39 is 10.0 Å². The van der Waals surface area contributed by atoms with Crippen molar-refractivity contribution in [2.24, 2.45) is 5.14 Å². The minimum absolute atomic E-state index is 0.0640. The molecule has 5 aromatic rings. The first-order valence-corrected chi connectivity index (χ1v) is 13.7. The van der Waals surface area contributed by atoms with Crippen molar-refractivity contribution in [2.75, 3.05) is 7.11 Å². The molecule has 0 saturated heterocycles. The van der Waals surface area contributed by atoms with Crippen molar-refractivity contribution in [2.45, 2.75) is 11.4 Å². The lowest BCUT2D eigenvalue weighted by Gasteiger charge is -2.13. The number of fused-ring (bicyclic) bond motifs is 1. The van der Waals surface area contributed by atoms with Gasteiger partial charge in [0.05, 0.1) is 19.0 Å². The van der Waals surface area contributed by atoms with Crippen LogP contribution in [0.4, 0.5) is 0 Å². The topological polar surface area (TPSA) is 119 Å². The Kier molecular flexibility index (Phi) is 7.00. The molecule has 37 heavy (non-hydrogen) atoms. The SMILES string of the molecule is COc1ccc(Cn2nc(I)c3c(Oc4ccc(Oc5ccccc5)cc4S(N)(=O)=O)ccnc32)cc1. The van der Waals surface area contributed by atoms with Gasteiger partial charge in [0.25, 0.3) is 0 Å². The third-order valence-corrected chi connectivity index (χ3v) is 7.15. The summed E-state index contributed by atoms with van der Waals surface area (Å²) in [4.78, 5) is 4.29. The first kappa shape index (κ1) is 25.0. The molecule has 2 N–H and O–H groups in total. The Morgan fingerprint density at radius 3 is 2.32 bits per heavy atom. The molecule has 0 aliphatic carbocycles. The third kappa shape index (κ3) is 5.53. The molecular formula is C26H21IN4O5S. The number of pyridine rings is 1. The molecule has 0 atom stereocenters. The highest BCUT2D eigenvalue weighted by Crippen LogP contribution is 2.37. The number of rotatable bonds is 8. The maximum atomic E-state index is 12.4. The fourth-order valence-corrected chi connectivity index (χ4v) is 5.17. The molecule has 0 bridgehead atoms. The Morgan fingerprint density at radius 2 is 1.62 bits per heavy atom. The predicted molar refractivity (Wildman–Crippen MR) is 147 cm³/mol. The largest absolute Gasteiger partial charge is 0.497 e. The molecule has 9 nitrogen and oxygen atoms in total. The fourth-order valence-electron chi connectivity index (χ4n) is 3.73. The summed E-state index contributed by atoms with van der Waals surface area (Å²) in [5, 5.41) is 10.8. The molecule has 11 heteroatoms. The summed E-state index contributed by atoms with van der Waals surface area (Å²) in [6.07, 6.45) is 1.59. The summed E-state index contributed by atoms with van der Waals surface area (Å²) in [6.45, 7) is 0.480. The van der Waals surface area contributed by atoms with Gasteiger partial charge in [-0.25, -0.2) is 23.2 Å². The fraction of sp³-hybridized carbons (Fsp3) is 0.0769. The second kappa shape index (κ2) is 10.4. The smallest absolute Gasteiger partial charge is 0.241 e. The van der Waals surface area contributed by atoms with Gasteiger partial charge in [-0.05, 0) is 64.6 Å². The highest BCUT2D eigenvalue weighted by Gasteiger charge is 2.21. The summed E-state index contributed by atoms with van der Waals surface area (Å²) in [5.74, 6) is 2.10. The lowest BCUT2D eigenvalue weighted by atomic mass is 10.2. The van der Waals surface area contributed by atoms with Gasteiger partial charge in [-0.15, -0.1) is 0 Å². The first-order valence-electron chi connectivity index (χ1n) is 11.0. The maximum Gasteiger partial charge on any atom is 0.241 e. The summed E-state index contributed by atoms with van der Waals surface area (Å²) in [5.41, 5.74) is 1.61. The number of halogens is 1. The van der Waals surface area contributed by atoms with Crippen molar-refractivity contribution in [3.8, 4) is 28.7 Å². The number of nitrogens with two attached hydrogens (primary N) is 1. The van der Waals surface area contributed by atoms with Gasteiger partial charge in [-0.3, -0.25) is 0 Å². The highest BCUT2D eigenvalue weighted by atomic mass is 127. The normalized spacial score (nSPS) is 11.4. The number of methoxy groups -OCH3 is 1. The van der Waals surface area contributed by atoms with Gasteiger partial charge in [0.1, 0.15) is 37.3 Å². The molecule has 0 aliphatic heterocycles. The minimum atomic E-state index is -4.13. The van der Waals surface area contributed by atoms with Gasteiger partial charge in [0, 0.05) is 18.3 Å². The number of hydrogen-bond donors (Lipinski definition) is 1. The Balaban J connectivity index is 1.49. The summed E-state index contributed by atoms with van der Waals surface area (Å²) >= 11 is 2.11. The molecule has 188 valence electrons. The van der Waals surface area contributed by atoms with E-state index in [1.165, 1.54) is 12.1 Å². The van der Waals surface area contributed by atoms with E-state index >= 15 is 0 Å². The highest BCUT2D eigenvalue weighted by molar-refractivity contribution is 14.1. The predicted octanol–water partition coefficient (Wildman–Crippen LogP) is 5.32. The summed E-state index contributed by atoms with van der Waals surface area (Å²) < 4.78 is 44.4. The summed E-state index contributed by atoms with van der Waals surface area (Å²) in [6, 6.07) is 22.8. The van der Waals surface area contributed by atoms with Crippen LogP contribution in [0.15, 0.2) is 90.0 Å². The van der Waals surface area contributed by atoms with Crippen molar-refractivity contribution in [3.63, 3.8) is 0 Å². The van der Waals surface area contributed by atoms with Crippen LogP contribution < -0.4 is 19.3 Å². The van der Waals surface area contributed by atoms with Gasteiger partial charge in [0.15, 0.2) is 5.65 Å². The molecule has 0 fully saturated rings. The van der Waals surface area contributed by atoms with Crippen molar-refractivity contribution in [1.29, 1.82) is 0 Å². The van der Waals surface area contributed by atoms with Gasteiger partial charge in [-0.2, -0.15) is 5.10 Å². The molecule has 0 radical (unpaired) electrons. The van der Waals surface area contributed by atoms with Crippen molar-refractivity contribution < 1.29 is 22.6 Å². The molecular weight excluding hydrogens is 607 g/mol. The third-order valence-electron chi connectivity index (χ3n) is 5.46. The van der Waals surface area contributed by atoms with Crippen molar-refractivity contribution in [1.82, 2.24) is 14.8 Å². The number of sulfonamides is 1. The van der Waals surface area contributed by atoms with E-state index in [1.54, 1.807) is 42.3 Å². The number of aromatic nitrogens is 3. The van der Waals surface area contributed by atoms with E-state index in [0.717, 1.165) is 11.3 Å². The Bertz CT molecular complexity index is 1670. The van der Waals surface area contributed by atoms with E-state index in [2.05, 4.69) is 32.7 Å². The second-order valence-electron chi connectivity index (χ2n) is 7.97. The van der Waals surface area contributed by atoms with E-state index in [0.29, 0.717) is 38.5 Å². The van der Waals surface area contributed by atoms with Gasteiger partial charge >= 0.3 is 0 Å². The van der Waals surface area contributed by atoms with Gasteiger partial charge in [0.2, 0.25) is 10.0 Å². The van der Waals surface area contributed by atoms with E-state index in [4.69, 9.17) is 19.3 Å². The zero-order valence-corrected chi connectivity index (χ0v) is 22.5. The number of hydrogen-bond acceptors (Lipinski definition) is 7. The minimum Gasteiger partial charge on any atom is -0.497 e. The zero-order valence-electron chi connectivity index (χ0n) is 19.5. The van der Waals surface area contributed by atoms with Gasteiger partial charge in [-0.1, -0.05) is 30.3 Å². The molecule has 0 saturated carbocycles. The van der Waals surface area contributed by atoms with Crippen LogP contribution in [-0.4, -0.2) is 30.3 Å².